The number of nitrogens with one attached hydrogen (secondary N) is 2. The Morgan fingerprint density at radius 1 is 1.09 bits per heavy atom. The highest BCUT2D eigenvalue weighted by Crippen LogP contribution is 2.30. The number of rotatable bonds is 9. The van der Waals surface area contributed by atoms with Crippen molar-refractivity contribution in [2.75, 3.05) is 12.9 Å². The SMILES string of the molecule is COc1cccc(/C=N\NC(=O)CSc2nc3ccccc3[nH]2)c1OCc1ccccc1. The highest BCUT2D eigenvalue weighted by molar-refractivity contribution is 7.99. The number of hydrogen-bond acceptors (Lipinski definition) is 6. The van der Waals surface area contributed by atoms with Crippen LogP contribution < -0.4 is 14.9 Å². The molecule has 0 aliphatic heterocycles. The van der Waals surface area contributed by atoms with Crippen molar-refractivity contribution in [1.29, 1.82) is 0 Å². The number of hydrogen-bond donors (Lipinski definition) is 2. The molecule has 8 heteroatoms. The summed E-state index contributed by atoms with van der Waals surface area (Å²) >= 11 is 1.32. The molecule has 162 valence electrons. The predicted octanol–water partition coefficient (Wildman–Crippen LogP) is 4.39. The standard InChI is InChI=1S/C24H22N4O3S/c1-30-21-13-7-10-18(23(21)31-15-17-8-3-2-4-9-17)14-25-28-22(29)16-32-24-26-19-11-5-6-12-20(19)27-24/h2-14H,15-16H2,1H3,(H,26,27)(H,28,29)/b25-14-. The van der Waals surface area contributed by atoms with E-state index in [9.17, 15) is 4.79 Å². The minimum absolute atomic E-state index is 0.187. The highest BCUT2D eigenvalue weighted by Gasteiger charge is 2.10. The van der Waals surface area contributed by atoms with Crippen molar-refractivity contribution in [3.05, 3.63) is 83.9 Å². The summed E-state index contributed by atoms with van der Waals surface area (Å²) in [6.07, 6.45) is 1.55. The van der Waals surface area contributed by atoms with Crippen molar-refractivity contribution in [1.82, 2.24) is 15.4 Å². The molecule has 0 spiro atoms. The molecular weight excluding hydrogens is 424 g/mol. The first-order valence-corrected chi connectivity index (χ1v) is 10.9. The molecule has 0 fully saturated rings. The zero-order valence-electron chi connectivity index (χ0n) is 17.4. The number of H-pyrrole nitrogens is 1. The minimum Gasteiger partial charge on any atom is -0.493 e. The number of carbonyl (C=O) groups excluding carboxylic acids is 1. The maximum atomic E-state index is 12.2. The van der Waals surface area contributed by atoms with Gasteiger partial charge in [0.05, 0.1) is 30.1 Å². The van der Waals surface area contributed by atoms with Crippen LogP contribution in [0.1, 0.15) is 11.1 Å². The lowest BCUT2D eigenvalue weighted by Crippen LogP contribution is -2.19. The topological polar surface area (TPSA) is 88.6 Å². The number of hydrazone groups is 1. The fraction of sp³-hybridized carbons (Fsp3) is 0.125. The van der Waals surface area contributed by atoms with Crippen molar-refractivity contribution in [3.63, 3.8) is 0 Å². The molecule has 0 saturated carbocycles. The molecule has 3 aromatic carbocycles. The lowest BCUT2D eigenvalue weighted by atomic mass is 10.2. The van der Waals surface area contributed by atoms with Crippen molar-refractivity contribution in [3.8, 4) is 11.5 Å². The number of para-hydroxylation sites is 3. The first-order chi connectivity index (χ1) is 15.7. The summed E-state index contributed by atoms with van der Waals surface area (Å²) < 4.78 is 11.4. The molecule has 2 N–H and O–H groups in total. The van der Waals surface area contributed by atoms with Crippen LogP contribution in [0.2, 0.25) is 0 Å². The molecule has 7 nitrogen and oxygen atoms in total. The van der Waals surface area contributed by atoms with E-state index in [1.165, 1.54) is 11.8 Å². The van der Waals surface area contributed by atoms with Crippen LogP contribution >= 0.6 is 11.8 Å². The first-order valence-electron chi connectivity index (χ1n) is 9.96. The molecule has 32 heavy (non-hydrogen) atoms. The molecule has 0 aliphatic carbocycles. The minimum atomic E-state index is -0.235. The summed E-state index contributed by atoms with van der Waals surface area (Å²) in [4.78, 5) is 19.8. The molecule has 1 aromatic heterocycles. The van der Waals surface area contributed by atoms with Gasteiger partial charge in [-0.05, 0) is 29.8 Å². The molecule has 1 heterocycles. The van der Waals surface area contributed by atoms with Crippen LogP contribution in [0.3, 0.4) is 0 Å². The Labute approximate surface area is 189 Å². The number of benzene rings is 3. The molecule has 0 aliphatic rings. The van der Waals surface area contributed by atoms with Gasteiger partial charge in [0.2, 0.25) is 0 Å². The number of ether oxygens (including phenoxy) is 2. The second kappa shape index (κ2) is 10.5. The van der Waals surface area contributed by atoms with E-state index >= 15 is 0 Å². The van der Waals surface area contributed by atoms with E-state index in [1.54, 1.807) is 13.3 Å². The van der Waals surface area contributed by atoms with Crippen LogP contribution in [-0.4, -0.2) is 35.0 Å². The van der Waals surface area contributed by atoms with E-state index in [0.29, 0.717) is 28.8 Å². The van der Waals surface area contributed by atoms with Crippen LogP contribution in [0.25, 0.3) is 11.0 Å². The summed E-state index contributed by atoms with van der Waals surface area (Å²) in [5.41, 5.74) is 6.09. The molecule has 0 radical (unpaired) electrons. The van der Waals surface area contributed by atoms with E-state index in [0.717, 1.165) is 16.6 Å². The van der Waals surface area contributed by atoms with Gasteiger partial charge in [0, 0.05) is 5.56 Å². The Hall–Kier alpha value is -3.78. The van der Waals surface area contributed by atoms with Crippen molar-refractivity contribution < 1.29 is 14.3 Å². The second-order valence-electron chi connectivity index (χ2n) is 6.79. The fourth-order valence-corrected chi connectivity index (χ4v) is 3.69. The molecular formula is C24H22N4O3S. The third-order valence-electron chi connectivity index (χ3n) is 4.56. The molecule has 0 bridgehead atoms. The van der Waals surface area contributed by atoms with Gasteiger partial charge >= 0.3 is 0 Å². The van der Waals surface area contributed by atoms with Gasteiger partial charge in [-0.15, -0.1) is 0 Å². The molecule has 0 saturated heterocycles. The first kappa shape index (κ1) is 21.5. The number of amides is 1. The summed E-state index contributed by atoms with van der Waals surface area (Å²) in [6.45, 7) is 0.391. The third kappa shape index (κ3) is 5.47. The Bertz CT molecular complexity index is 1190. The average Bonchev–Trinajstić information content (AvgIpc) is 3.25. The van der Waals surface area contributed by atoms with E-state index in [-0.39, 0.29) is 11.7 Å². The largest absolute Gasteiger partial charge is 0.493 e. The number of aromatic nitrogens is 2. The maximum absolute atomic E-state index is 12.2. The Morgan fingerprint density at radius 3 is 2.72 bits per heavy atom. The van der Waals surface area contributed by atoms with Crippen LogP contribution in [0.5, 0.6) is 11.5 Å². The highest BCUT2D eigenvalue weighted by atomic mass is 32.2. The van der Waals surface area contributed by atoms with Gasteiger partial charge in [0.25, 0.3) is 5.91 Å². The number of fused-ring (bicyclic) bond motifs is 1. The van der Waals surface area contributed by atoms with E-state index in [2.05, 4.69) is 20.5 Å². The number of thioether (sulfide) groups is 1. The average molecular weight is 447 g/mol. The quantitative estimate of drug-likeness (QED) is 0.226. The second-order valence-corrected chi connectivity index (χ2v) is 7.76. The van der Waals surface area contributed by atoms with Crippen molar-refractivity contribution in [2.45, 2.75) is 11.8 Å². The Kier molecular flexibility index (Phi) is 7.04. The van der Waals surface area contributed by atoms with Gasteiger partial charge < -0.3 is 14.5 Å². The van der Waals surface area contributed by atoms with Gasteiger partial charge in [-0.25, -0.2) is 10.4 Å². The molecule has 1 amide bonds. The van der Waals surface area contributed by atoms with E-state index in [4.69, 9.17) is 9.47 Å². The number of methoxy groups -OCH3 is 1. The summed E-state index contributed by atoms with van der Waals surface area (Å²) in [5.74, 6) is 1.11. The monoisotopic (exact) mass is 446 g/mol. The van der Waals surface area contributed by atoms with Gasteiger partial charge in [-0.3, -0.25) is 4.79 Å². The summed E-state index contributed by atoms with van der Waals surface area (Å²) in [6, 6.07) is 23.1. The van der Waals surface area contributed by atoms with Crippen molar-refractivity contribution >= 4 is 34.9 Å². The van der Waals surface area contributed by atoms with Gasteiger partial charge in [-0.1, -0.05) is 60.3 Å². The maximum Gasteiger partial charge on any atom is 0.250 e. The summed E-state index contributed by atoms with van der Waals surface area (Å²) in [5, 5.41) is 4.77. The number of aromatic amines is 1. The molecule has 0 atom stereocenters. The number of nitrogens with zero attached hydrogens (tertiary/aromatic N) is 2. The van der Waals surface area contributed by atoms with Crippen LogP contribution in [0.15, 0.2) is 83.1 Å². The zero-order valence-corrected chi connectivity index (χ0v) is 18.3. The molecule has 4 rings (SSSR count). The lowest BCUT2D eigenvalue weighted by Gasteiger charge is -2.13. The Balaban J connectivity index is 1.36. The zero-order chi connectivity index (χ0) is 22.2. The van der Waals surface area contributed by atoms with Crippen LogP contribution in [-0.2, 0) is 11.4 Å². The normalized spacial score (nSPS) is 11.0. The van der Waals surface area contributed by atoms with Gasteiger partial charge in [0.1, 0.15) is 6.61 Å². The molecule has 0 unspecified atom stereocenters. The third-order valence-corrected chi connectivity index (χ3v) is 5.43. The number of imidazole rings is 1. The van der Waals surface area contributed by atoms with Crippen LogP contribution in [0, 0.1) is 0 Å². The van der Waals surface area contributed by atoms with Crippen LogP contribution in [0.4, 0.5) is 0 Å². The summed E-state index contributed by atoms with van der Waals surface area (Å²) in [7, 11) is 1.59. The van der Waals surface area contributed by atoms with Gasteiger partial charge in [0.15, 0.2) is 16.7 Å². The van der Waals surface area contributed by atoms with Crippen molar-refractivity contribution in [2.24, 2.45) is 5.10 Å². The smallest absolute Gasteiger partial charge is 0.250 e. The predicted molar refractivity (Wildman–Crippen MR) is 126 cm³/mol. The lowest BCUT2D eigenvalue weighted by molar-refractivity contribution is -0.118. The Morgan fingerprint density at radius 2 is 1.91 bits per heavy atom. The number of carbonyl (C=O) groups is 1. The van der Waals surface area contributed by atoms with E-state index in [1.807, 2.05) is 72.8 Å². The van der Waals surface area contributed by atoms with E-state index < -0.39 is 0 Å². The fourth-order valence-electron chi connectivity index (χ4n) is 3.02. The molecule has 4 aromatic rings. The van der Waals surface area contributed by atoms with Gasteiger partial charge in [-0.2, -0.15) is 5.10 Å².